The Labute approximate surface area is 123 Å². The first kappa shape index (κ1) is 13.3. The number of fused-ring (bicyclic) bond motifs is 5. The molecule has 0 bridgehead atoms. The van der Waals surface area contributed by atoms with Crippen LogP contribution in [0, 0.1) is 34.5 Å². The van der Waals surface area contributed by atoms with Gasteiger partial charge in [0.15, 0.2) is 0 Å². The lowest BCUT2D eigenvalue weighted by Crippen LogP contribution is -2.52. The third-order valence-corrected chi connectivity index (χ3v) is 8.26. The number of rotatable bonds is 0. The molecule has 0 aliphatic heterocycles. The molecule has 1 nitrogen and oxygen atoms in total. The summed E-state index contributed by atoms with van der Waals surface area (Å²) in [6.45, 7) is 5.14. The minimum absolute atomic E-state index is 0.501. The Bertz CT molecular complexity index is 427. The second-order valence-corrected chi connectivity index (χ2v) is 8.98. The van der Waals surface area contributed by atoms with Gasteiger partial charge in [-0.1, -0.05) is 20.3 Å². The first-order chi connectivity index (χ1) is 9.53. The lowest BCUT2D eigenvalue weighted by molar-refractivity contribution is -0.137. The SMILES string of the molecule is C[C@]12CCC[C@H]1[C@@H]1CC[C@@H]3CC(=O)CC[C@]3(C)[C@@H]1CC2. The molecule has 112 valence electrons. The number of ketones is 1. The highest BCUT2D eigenvalue weighted by molar-refractivity contribution is 5.79. The van der Waals surface area contributed by atoms with E-state index in [1.165, 1.54) is 51.4 Å². The van der Waals surface area contributed by atoms with Crippen LogP contribution in [0.1, 0.15) is 78.1 Å². The Hall–Kier alpha value is -0.330. The average Bonchev–Trinajstić information content (AvgIpc) is 2.81. The quantitative estimate of drug-likeness (QED) is 0.608. The summed E-state index contributed by atoms with van der Waals surface area (Å²) in [4.78, 5) is 11.9. The van der Waals surface area contributed by atoms with E-state index in [1.54, 1.807) is 0 Å². The second-order valence-electron chi connectivity index (χ2n) is 8.98. The van der Waals surface area contributed by atoms with Gasteiger partial charge < -0.3 is 0 Å². The van der Waals surface area contributed by atoms with Gasteiger partial charge in [-0.05, 0) is 79.4 Å². The fourth-order valence-corrected chi connectivity index (χ4v) is 7.04. The van der Waals surface area contributed by atoms with Crippen molar-refractivity contribution in [2.45, 2.75) is 78.1 Å². The van der Waals surface area contributed by atoms with Crippen molar-refractivity contribution in [3.8, 4) is 0 Å². The fourth-order valence-electron chi connectivity index (χ4n) is 7.04. The predicted molar refractivity (Wildman–Crippen MR) is 81.4 cm³/mol. The molecule has 0 aromatic rings. The number of Topliss-reactive ketones (excluding diaryl/α,β-unsaturated/α-hetero) is 1. The van der Waals surface area contributed by atoms with Crippen LogP contribution in [-0.4, -0.2) is 5.78 Å². The van der Waals surface area contributed by atoms with Gasteiger partial charge in [0.1, 0.15) is 5.78 Å². The van der Waals surface area contributed by atoms with Crippen LogP contribution in [0.15, 0.2) is 0 Å². The minimum Gasteiger partial charge on any atom is -0.300 e. The normalized spacial score (nSPS) is 55.0. The lowest BCUT2D eigenvalue weighted by Gasteiger charge is -2.59. The highest BCUT2D eigenvalue weighted by Gasteiger charge is 2.57. The molecule has 4 aliphatic rings. The zero-order valence-electron chi connectivity index (χ0n) is 13.3. The topological polar surface area (TPSA) is 17.1 Å². The van der Waals surface area contributed by atoms with E-state index < -0.39 is 0 Å². The predicted octanol–water partition coefficient (Wildman–Crippen LogP) is 4.99. The Morgan fingerprint density at radius 2 is 1.80 bits per heavy atom. The largest absolute Gasteiger partial charge is 0.300 e. The third kappa shape index (κ3) is 1.70. The van der Waals surface area contributed by atoms with E-state index in [2.05, 4.69) is 13.8 Å². The molecule has 4 aliphatic carbocycles. The van der Waals surface area contributed by atoms with Gasteiger partial charge >= 0.3 is 0 Å². The van der Waals surface area contributed by atoms with Crippen molar-refractivity contribution >= 4 is 5.78 Å². The molecule has 0 aromatic carbocycles. The minimum atomic E-state index is 0.501. The standard InChI is InChI=1S/C19H30O/c1-18-9-3-4-16(18)15-6-5-13-12-14(20)7-11-19(13,2)17(15)8-10-18/h13,15-17H,3-12H2,1-2H3/t13-,15+,16+,17-,18-,19+/m1/s1. The van der Waals surface area contributed by atoms with E-state index in [0.29, 0.717) is 16.6 Å². The van der Waals surface area contributed by atoms with E-state index in [9.17, 15) is 4.79 Å². The number of carbonyl (C=O) groups is 1. The molecule has 0 spiro atoms. The van der Waals surface area contributed by atoms with E-state index in [4.69, 9.17) is 0 Å². The molecule has 0 aromatic heterocycles. The zero-order valence-corrected chi connectivity index (χ0v) is 13.3. The Morgan fingerprint density at radius 1 is 0.950 bits per heavy atom. The van der Waals surface area contributed by atoms with E-state index in [1.807, 2.05) is 0 Å². The maximum Gasteiger partial charge on any atom is 0.133 e. The summed E-state index contributed by atoms with van der Waals surface area (Å²) in [5.41, 5.74) is 1.18. The summed E-state index contributed by atoms with van der Waals surface area (Å²) in [6, 6.07) is 0. The van der Waals surface area contributed by atoms with Crippen molar-refractivity contribution in [3.63, 3.8) is 0 Å². The summed E-state index contributed by atoms with van der Waals surface area (Å²) in [5.74, 6) is 4.20. The van der Waals surface area contributed by atoms with Gasteiger partial charge in [-0.3, -0.25) is 4.79 Å². The van der Waals surface area contributed by atoms with Crippen LogP contribution in [0.4, 0.5) is 0 Å². The smallest absolute Gasteiger partial charge is 0.133 e. The Balaban J connectivity index is 1.64. The average molecular weight is 274 g/mol. The van der Waals surface area contributed by atoms with Crippen LogP contribution in [0.5, 0.6) is 0 Å². The summed E-state index contributed by atoms with van der Waals surface area (Å²) in [5, 5.41) is 0. The van der Waals surface area contributed by atoms with Crippen molar-refractivity contribution in [1.29, 1.82) is 0 Å². The molecule has 0 N–H and O–H groups in total. The highest BCUT2D eigenvalue weighted by Crippen LogP contribution is 2.65. The maximum absolute atomic E-state index is 11.9. The molecule has 0 saturated heterocycles. The van der Waals surface area contributed by atoms with Crippen LogP contribution in [0.3, 0.4) is 0 Å². The molecule has 0 heterocycles. The van der Waals surface area contributed by atoms with Crippen molar-refractivity contribution in [2.75, 3.05) is 0 Å². The molecule has 4 rings (SSSR count). The van der Waals surface area contributed by atoms with Crippen molar-refractivity contribution in [3.05, 3.63) is 0 Å². The summed E-state index contributed by atoms with van der Waals surface area (Å²) >= 11 is 0. The fraction of sp³-hybridized carbons (Fsp3) is 0.947. The number of hydrogen-bond donors (Lipinski definition) is 0. The van der Waals surface area contributed by atoms with E-state index >= 15 is 0 Å². The molecule has 4 fully saturated rings. The van der Waals surface area contributed by atoms with Crippen LogP contribution in [-0.2, 0) is 4.79 Å². The Kier molecular flexibility index (Phi) is 2.89. The first-order valence-electron chi connectivity index (χ1n) is 9.05. The third-order valence-electron chi connectivity index (χ3n) is 8.26. The van der Waals surface area contributed by atoms with Gasteiger partial charge in [0, 0.05) is 12.8 Å². The van der Waals surface area contributed by atoms with Crippen molar-refractivity contribution < 1.29 is 4.79 Å². The van der Waals surface area contributed by atoms with Crippen molar-refractivity contribution in [1.82, 2.24) is 0 Å². The second kappa shape index (κ2) is 4.34. The van der Waals surface area contributed by atoms with Gasteiger partial charge in [-0.2, -0.15) is 0 Å². The van der Waals surface area contributed by atoms with Gasteiger partial charge in [-0.25, -0.2) is 0 Å². The zero-order chi connectivity index (χ0) is 14.0. The molecule has 0 unspecified atom stereocenters. The van der Waals surface area contributed by atoms with Crippen LogP contribution < -0.4 is 0 Å². The van der Waals surface area contributed by atoms with E-state index in [0.717, 1.165) is 36.5 Å². The summed E-state index contributed by atoms with van der Waals surface area (Å²) < 4.78 is 0. The van der Waals surface area contributed by atoms with Gasteiger partial charge in [-0.15, -0.1) is 0 Å². The molecule has 6 atom stereocenters. The first-order valence-corrected chi connectivity index (χ1v) is 9.05. The molecule has 20 heavy (non-hydrogen) atoms. The van der Waals surface area contributed by atoms with Crippen LogP contribution in [0.25, 0.3) is 0 Å². The Morgan fingerprint density at radius 3 is 2.65 bits per heavy atom. The number of carbonyl (C=O) groups excluding carboxylic acids is 1. The molecule has 0 radical (unpaired) electrons. The van der Waals surface area contributed by atoms with Crippen molar-refractivity contribution in [2.24, 2.45) is 34.5 Å². The molecule has 4 saturated carbocycles. The monoisotopic (exact) mass is 274 g/mol. The summed E-state index contributed by atoms with van der Waals surface area (Å²) in [6.07, 6.45) is 13.1. The molecule has 0 amide bonds. The van der Waals surface area contributed by atoms with E-state index in [-0.39, 0.29) is 0 Å². The lowest BCUT2D eigenvalue weighted by atomic mass is 9.45. The van der Waals surface area contributed by atoms with Crippen LogP contribution in [0.2, 0.25) is 0 Å². The molecular weight excluding hydrogens is 244 g/mol. The van der Waals surface area contributed by atoms with Crippen LogP contribution >= 0.6 is 0 Å². The number of hydrogen-bond acceptors (Lipinski definition) is 1. The van der Waals surface area contributed by atoms with Gasteiger partial charge in [0.05, 0.1) is 0 Å². The maximum atomic E-state index is 11.9. The van der Waals surface area contributed by atoms with Gasteiger partial charge in [0.2, 0.25) is 0 Å². The molecule has 1 heteroatoms. The molecular formula is C19H30O. The summed E-state index contributed by atoms with van der Waals surface area (Å²) in [7, 11) is 0. The highest BCUT2D eigenvalue weighted by atomic mass is 16.1. The van der Waals surface area contributed by atoms with Gasteiger partial charge in [0.25, 0.3) is 0 Å².